The molecule has 0 saturated heterocycles. The first kappa shape index (κ1) is 15.5. The van der Waals surface area contributed by atoms with Crippen LogP contribution in [0.1, 0.15) is 57.1 Å². The molecule has 112 valence electrons. The van der Waals surface area contributed by atoms with Crippen molar-refractivity contribution in [1.29, 1.82) is 0 Å². The molecule has 1 fully saturated rings. The van der Waals surface area contributed by atoms with E-state index in [0.717, 1.165) is 36.0 Å². The Bertz CT molecular complexity index is 569. The van der Waals surface area contributed by atoms with Gasteiger partial charge in [0.2, 0.25) is 0 Å². The van der Waals surface area contributed by atoms with Gasteiger partial charge in [-0.05, 0) is 55.4 Å². The monoisotopic (exact) mass is 286 g/mol. The third kappa shape index (κ3) is 3.23. The van der Waals surface area contributed by atoms with Crippen molar-refractivity contribution in [2.75, 3.05) is 0 Å². The summed E-state index contributed by atoms with van der Waals surface area (Å²) >= 11 is 0. The third-order valence-corrected chi connectivity index (χ3v) is 4.53. The van der Waals surface area contributed by atoms with E-state index in [1.807, 2.05) is 37.3 Å². The van der Waals surface area contributed by atoms with Crippen molar-refractivity contribution in [3.63, 3.8) is 0 Å². The number of benzene rings is 1. The molecule has 0 aromatic heterocycles. The van der Waals surface area contributed by atoms with E-state index in [9.17, 15) is 14.7 Å². The number of allylic oxidation sites excluding steroid dienone is 1. The summed E-state index contributed by atoms with van der Waals surface area (Å²) in [7, 11) is 0. The molecule has 0 bridgehead atoms. The number of hydrogen-bond acceptors (Lipinski definition) is 2. The molecule has 1 unspecified atom stereocenters. The molecular weight excluding hydrogens is 264 g/mol. The quantitative estimate of drug-likeness (QED) is 0.852. The number of Topliss-reactive ketones (excluding diaryl/α,β-unsaturated/α-hetero) is 1. The van der Waals surface area contributed by atoms with Gasteiger partial charge in [-0.3, -0.25) is 9.59 Å². The summed E-state index contributed by atoms with van der Waals surface area (Å²) in [6, 6.07) is 7.52. The second-order valence-corrected chi connectivity index (χ2v) is 5.91. The highest BCUT2D eigenvalue weighted by Crippen LogP contribution is 2.29. The van der Waals surface area contributed by atoms with Crippen LogP contribution in [0.5, 0.6) is 0 Å². The zero-order valence-corrected chi connectivity index (χ0v) is 12.7. The number of aliphatic carboxylic acids is 1. The molecule has 1 saturated carbocycles. The van der Waals surface area contributed by atoms with Crippen molar-refractivity contribution in [3.05, 3.63) is 41.0 Å². The largest absolute Gasteiger partial charge is 0.481 e. The molecule has 3 heteroatoms. The van der Waals surface area contributed by atoms with Crippen LogP contribution >= 0.6 is 0 Å². The number of carboxylic acids is 1. The minimum Gasteiger partial charge on any atom is -0.481 e. The van der Waals surface area contributed by atoms with Crippen molar-refractivity contribution in [3.8, 4) is 0 Å². The maximum Gasteiger partial charge on any atom is 0.313 e. The van der Waals surface area contributed by atoms with E-state index < -0.39 is 11.4 Å². The van der Waals surface area contributed by atoms with Gasteiger partial charge in [0.25, 0.3) is 0 Å². The first-order valence-electron chi connectivity index (χ1n) is 7.55. The molecule has 1 aliphatic carbocycles. The van der Waals surface area contributed by atoms with E-state index in [2.05, 4.69) is 0 Å². The Morgan fingerprint density at radius 1 is 1.24 bits per heavy atom. The van der Waals surface area contributed by atoms with Crippen molar-refractivity contribution in [1.82, 2.24) is 0 Å². The Labute approximate surface area is 125 Å². The molecule has 1 aromatic carbocycles. The average molecular weight is 286 g/mol. The summed E-state index contributed by atoms with van der Waals surface area (Å²) < 4.78 is 0. The first-order valence-corrected chi connectivity index (χ1v) is 7.55. The van der Waals surface area contributed by atoms with Gasteiger partial charge in [-0.2, -0.15) is 0 Å². The van der Waals surface area contributed by atoms with Crippen LogP contribution < -0.4 is 0 Å². The lowest BCUT2D eigenvalue weighted by Gasteiger charge is -2.23. The van der Waals surface area contributed by atoms with E-state index in [-0.39, 0.29) is 5.78 Å². The summed E-state index contributed by atoms with van der Waals surface area (Å²) in [5.74, 6) is -0.562. The third-order valence-electron chi connectivity index (χ3n) is 4.53. The van der Waals surface area contributed by atoms with Gasteiger partial charge in [-0.25, -0.2) is 0 Å². The fourth-order valence-corrected chi connectivity index (χ4v) is 2.68. The predicted octanol–water partition coefficient (Wildman–Crippen LogP) is 3.97. The normalized spacial score (nSPS) is 20.3. The van der Waals surface area contributed by atoms with Gasteiger partial charge in [0.05, 0.1) is 5.41 Å². The van der Waals surface area contributed by atoms with Crippen molar-refractivity contribution < 1.29 is 14.7 Å². The van der Waals surface area contributed by atoms with Gasteiger partial charge >= 0.3 is 5.97 Å². The summed E-state index contributed by atoms with van der Waals surface area (Å²) in [5.41, 5.74) is 1.81. The summed E-state index contributed by atoms with van der Waals surface area (Å²) in [5, 5.41) is 9.39. The second-order valence-electron chi connectivity index (χ2n) is 5.91. The lowest BCUT2D eigenvalue weighted by Crippen LogP contribution is -2.31. The summed E-state index contributed by atoms with van der Waals surface area (Å²) in [4.78, 5) is 23.3. The van der Waals surface area contributed by atoms with Gasteiger partial charge in [0.15, 0.2) is 5.78 Å². The van der Waals surface area contributed by atoms with Crippen LogP contribution in [0.2, 0.25) is 0 Å². The maximum atomic E-state index is 11.8. The number of hydrogen-bond donors (Lipinski definition) is 1. The summed E-state index contributed by atoms with van der Waals surface area (Å²) in [6.07, 6.45) is 6.04. The Hall–Kier alpha value is -1.90. The second kappa shape index (κ2) is 6.25. The van der Waals surface area contributed by atoms with E-state index in [0.29, 0.717) is 12.8 Å². The molecular formula is C18H22O3. The molecule has 1 atom stereocenters. The van der Waals surface area contributed by atoms with Gasteiger partial charge in [0, 0.05) is 6.42 Å². The molecule has 0 amide bonds. The first-order chi connectivity index (χ1) is 9.97. The molecule has 3 nitrogen and oxygen atoms in total. The maximum absolute atomic E-state index is 11.8. The lowest BCUT2D eigenvalue weighted by atomic mass is 9.80. The standard InChI is InChI=1S/C18H22O3/c1-3-18(2,17(20)21)15-10-8-13(9-11-15)12-14-6-4-5-7-16(14)19/h8-12H,3-7H2,1-2H3,(H,20,21). The molecule has 2 rings (SSSR count). The number of carboxylic acid groups (broad SMARTS) is 1. The minimum absolute atomic E-state index is 0.245. The molecule has 0 spiro atoms. The number of carbonyl (C=O) groups excluding carboxylic acids is 1. The van der Waals surface area contributed by atoms with E-state index in [1.165, 1.54) is 0 Å². The van der Waals surface area contributed by atoms with Crippen LogP contribution in [0.3, 0.4) is 0 Å². The highest BCUT2D eigenvalue weighted by molar-refractivity contribution is 6.00. The van der Waals surface area contributed by atoms with Crippen molar-refractivity contribution in [2.24, 2.45) is 0 Å². The highest BCUT2D eigenvalue weighted by atomic mass is 16.4. The van der Waals surface area contributed by atoms with E-state index in [1.54, 1.807) is 6.92 Å². The van der Waals surface area contributed by atoms with Crippen LogP contribution in [-0.2, 0) is 15.0 Å². The fourth-order valence-electron chi connectivity index (χ4n) is 2.68. The zero-order valence-electron chi connectivity index (χ0n) is 12.7. The van der Waals surface area contributed by atoms with Crippen molar-refractivity contribution in [2.45, 2.75) is 51.4 Å². The van der Waals surface area contributed by atoms with Crippen molar-refractivity contribution >= 4 is 17.8 Å². The molecule has 0 heterocycles. The number of ketones is 1. The molecule has 0 radical (unpaired) electrons. The molecule has 1 N–H and O–H groups in total. The van der Waals surface area contributed by atoms with Crippen LogP contribution in [0.4, 0.5) is 0 Å². The van der Waals surface area contributed by atoms with Gasteiger partial charge in [-0.1, -0.05) is 31.2 Å². The average Bonchev–Trinajstić information content (AvgIpc) is 2.49. The van der Waals surface area contributed by atoms with Gasteiger partial charge < -0.3 is 5.11 Å². The molecule has 21 heavy (non-hydrogen) atoms. The minimum atomic E-state index is -0.855. The van der Waals surface area contributed by atoms with Crippen LogP contribution in [0.25, 0.3) is 6.08 Å². The highest BCUT2D eigenvalue weighted by Gasteiger charge is 2.32. The smallest absolute Gasteiger partial charge is 0.313 e. The predicted molar refractivity (Wildman–Crippen MR) is 83.2 cm³/mol. The zero-order chi connectivity index (χ0) is 15.5. The van der Waals surface area contributed by atoms with Gasteiger partial charge in [0.1, 0.15) is 0 Å². The van der Waals surface area contributed by atoms with E-state index in [4.69, 9.17) is 0 Å². The Balaban J connectivity index is 2.25. The summed E-state index contributed by atoms with van der Waals surface area (Å²) in [6.45, 7) is 3.62. The van der Waals surface area contributed by atoms with E-state index >= 15 is 0 Å². The fraction of sp³-hybridized carbons (Fsp3) is 0.444. The number of rotatable bonds is 4. The van der Waals surface area contributed by atoms with Crippen LogP contribution in [0, 0.1) is 0 Å². The number of carbonyl (C=O) groups is 2. The van der Waals surface area contributed by atoms with Gasteiger partial charge in [-0.15, -0.1) is 0 Å². The Kier molecular flexibility index (Phi) is 4.61. The Morgan fingerprint density at radius 3 is 2.38 bits per heavy atom. The SMILES string of the molecule is CCC(C)(C(=O)O)c1ccc(C=C2CCCCC2=O)cc1. The lowest BCUT2D eigenvalue weighted by molar-refractivity contribution is -0.143. The molecule has 1 aromatic rings. The Morgan fingerprint density at radius 2 is 1.86 bits per heavy atom. The topological polar surface area (TPSA) is 54.4 Å². The van der Waals surface area contributed by atoms with Crippen LogP contribution in [-0.4, -0.2) is 16.9 Å². The molecule has 1 aliphatic rings. The molecule has 0 aliphatic heterocycles. The van der Waals surface area contributed by atoms with Crippen LogP contribution in [0.15, 0.2) is 29.8 Å².